The zero-order chi connectivity index (χ0) is 31.1. The van der Waals surface area contributed by atoms with Crippen molar-refractivity contribution in [2.45, 2.75) is 71.2 Å². The number of halogens is 4. The normalized spacial score (nSPS) is 30.1. The highest BCUT2D eigenvalue weighted by Crippen LogP contribution is 2.59. The molecule has 10 atom stereocenters. The van der Waals surface area contributed by atoms with E-state index in [4.69, 9.17) is 35.4 Å². The second-order valence-electron chi connectivity index (χ2n) is 11.5. The molecule has 0 aliphatic heterocycles. The van der Waals surface area contributed by atoms with E-state index >= 15 is 0 Å². The van der Waals surface area contributed by atoms with Crippen molar-refractivity contribution in [3.63, 3.8) is 0 Å². The Labute approximate surface area is 272 Å². The van der Waals surface area contributed by atoms with Gasteiger partial charge in [0.25, 0.3) is 5.91 Å². The number of nitrogens with two attached hydrogens (primary N) is 1. The molecule has 2 aromatic rings. The van der Waals surface area contributed by atoms with Crippen LogP contribution in [-0.2, 0) is 0 Å². The van der Waals surface area contributed by atoms with Gasteiger partial charge in [-0.3, -0.25) is 9.18 Å². The first kappa shape index (κ1) is 37.2. The Morgan fingerprint density at radius 2 is 1.21 bits per heavy atom. The smallest absolute Gasteiger partial charge is 0.335 e. The summed E-state index contributed by atoms with van der Waals surface area (Å²) in [6, 6.07) is 13.5. The maximum absolute atomic E-state index is 12.1. The summed E-state index contributed by atoms with van der Waals surface area (Å²) in [7, 11) is -1.00. The number of aliphatic hydroxyl groups excluding tert-OH is 2. The molecule has 2 aromatic carbocycles. The van der Waals surface area contributed by atoms with Crippen molar-refractivity contribution in [1.29, 1.82) is 0 Å². The van der Waals surface area contributed by atoms with Crippen molar-refractivity contribution in [2.75, 3.05) is 7.15 Å². The number of rotatable bonds is 5. The highest BCUT2D eigenvalue weighted by molar-refractivity contribution is 6.31. The van der Waals surface area contributed by atoms with Crippen molar-refractivity contribution in [3.05, 3.63) is 69.7 Å². The van der Waals surface area contributed by atoms with E-state index in [1.165, 1.54) is 12.1 Å². The van der Waals surface area contributed by atoms with Crippen molar-refractivity contribution in [3.8, 4) is 0 Å². The summed E-state index contributed by atoms with van der Waals surface area (Å²) < 4.78 is 15.5. The lowest BCUT2D eigenvalue weighted by atomic mass is 10.0. The van der Waals surface area contributed by atoms with Crippen molar-refractivity contribution < 1.29 is 30.7 Å². The van der Waals surface area contributed by atoms with Gasteiger partial charge >= 0.3 is 5.97 Å². The molecule has 242 valence electrons. The topological polar surface area (TPSA) is 133 Å². The first-order valence-electron chi connectivity index (χ1n) is 14.6. The average molecular weight is 665 g/mol. The number of alkyl halides is 1. The predicted octanol–water partition coefficient (Wildman–Crippen LogP) is 6.51. The SMILES string of the molecule is C.CC(N)C1[C@H]2CC(O)C[C@@H]12.CC(NC(=O)c1ccc(Cl)cc1)C1[C@H]2CC(O)C[C@@H]12.Cl.O=C(O)c1ccc(Cl)cc1.[2H]CF. The van der Waals surface area contributed by atoms with E-state index in [0.717, 1.165) is 43.4 Å². The molecule has 4 aliphatic rings. The van der Waals surface area contributed by atoms with Crippen LogP contribution >= 0.6 is 35.6 Å². The lowest BCUT2D eigenvalue weighted by Crippen LogP contribution is -2.35. The zero-order valence-corrected chi connectivity index (χ0v) is 26.0. The van der Waals surface area contributed by atoms with Gasteiger partial charge in [0.2, 0.25) is 0 Å². The third kappa shape index (κ3) is 10.6. The zero-order valence-electron chi connectivity index (χ0n) is 24.7. The minimum Gasteiger partial charge on any atom is -0.478 e. The first-order valence-corrected chi connectivity index (χ1v) is 14.7. The molecule has 0 spiro atoms. The number of amides is 1. The minimum atomic E-state index is -1.00. The lowest BCUT2D eigenvalue weighted by molar-refractivity contribution is 0.0696. The summed E-state index contributed by atoms with van der Waals surface area (Å²) in [5, 5.41) is 31.4. The third-order valence-electron chi connectivity index (χ3n) is 8.71. The molecular formula is C32H46Cl3FN2O5. The maximum atomic E-state index is 12.1. The number of carboxylic acid groups (broad SMARTS) is 1. The molecule has 4 fully saturated rings. The standard InChI is InChI=1S/C15H18ClNO2.C8H15NO.C7H5ClO2.CH3F.CH4.ClH/c1-8(14-12-6-11(18)7-13(12)14)17-15(19)9-2-4-10(16)5-3-9;1-4(9)8-6-2-5(10)3-7(6)8;8-6-3-1-5(2-4-6)7(9)10;1-2;;/h2-5,8,11-14,18H,6-7H2,1H3,(H,17,19);4-8,10H,2-3,9H2,1H3;1-4H,(H,9,10);1H3;1H4;1H/t8?,11?,12-,13+,14?;4?,5?,6-,7+,8?;;;;/i;;;1D;;. The molecule has 0 saturated heterocycles. The molecule has 43 heavy (non-hydrogen) atoms. The number of benzene rings is 2. The van der Waals surface area contributed by atoms with Gasteiger partial charge in [0.05, 0.1) is 26.3 Å². The van der Waals surface area contributed by atoms with Crippen LogP contribution in [0.25, 0.3) is 0 Å². The number of nitrogens with one attached hydrogen (secondary N) is 1. The quantitative estimate of drug-likeness (QED) is 0.248. The second-order valence-corrected chi connectivity index (χ2v) is 12.4. The summed E-state index contributed by atoms with van der Waals surface area (Å²) in [5.74, 6) is 3.06. The van der Waals surface area contributed by atoms with Gasteiger partial charge < -0.3 is 26.4 Å². The van der Waals surface area contributed by atoms with Crippen LogP contribution in [0.1, 0.15) is 69.0 Å². The van der Waals surface area contributed by atoms with E-state index < -0.39 is 13.1 Å². The number of carboxylic acids is 1. The molecule has 0 heterocycles. The molecule has 4 aliphatic carbocycles. The molecule has 6 rings (SSSR count). The van der Waals surface area contributed by atoms with Gasteiger partial charge in [-0.25, -0.2) is 4.79 Å². The predicted molar refractivity (Wildman–Crippen MR) is 173 cm³/mol. The molecule has 0 aromatic heterocycles. The molecule has 6 unspecified atom stereocenters. The van der Waals surface area contributed by atoms with Gasteiger partial charge in [0.15, 0.2) is 0 Å². The molecular weight excluding hydrogens is 618 g/mol. The number of hydrogen-bond donors (Lipinski definition) is 5. The largest absolute Gasteiger partial charge is 0.478 e. The summed E-state index contributed by atoms with van der Waals surface area (Å²) in [4.78, 5) is 22.3. The van der Waals surface area contributed by atoms with E-state index in [1.807, 2.05) is 0 Å². The van der Waals surface area contributed by atoms with Crippen LogP contribution < -0.4 is 11.1 Å². The van der Waals surface area contributed by atoms with E-state index in [1.54, 1.807) is 36.4 Å². The van der Waals surface area contributed by atoms with E-state index in [9.17, 15) is 24.2 Å². The monoisotopic (exact) mass is 663 g/mol. The van der Waals surface area contributed by atoms with Gasteiger partial charge in [-0.1, -0.05) is 30.6 Å². The minimum absolute atomic E-state index is 0. The number of aliphatic hydroxyl groups is 2. The Morgan fingerprint density at radius 1 is 0.860 bits per heavy atom. The molecule has 0 radical (unpaired) electrons. The van der Waals surface area contributed by atoms with Crippen LogP contribution in [-0.4, -0.2) is 58.6 Å². The number of hydrogen-bond acceptors (Lipinski definition) is 5. The molecule has 11 heteroatoms. The Kier molecular flexibility index (Phi) is 15.2. The van der Waals surface area contributed by atoms with Crippen LogP contribution in [0.15, 0.2) is 48.5 Å². The van der Waals surface area contributed by atoms with E-state index in [0.29, 0.717) is 39.4 Å². The van der Waals surface area contributed by atoms with Crippen LogP contribution in [0.3, 0.4) is 0 Å². The molecule has 1 amide bonds. The van der Waals surface area contributed by atoms with Crippen LogP contribution in [0.5, 0.6) is 0 Å². The van der Waals surface area contributed by atoms with Crippen molar-refractivity contribution in [1.82, 2.24) is 5.32 Å². The number of fused-ring (bicyclic) bond motifs is 2. The fourth-order valence-corrected chi connectivity index (χ4v) is 7.08. The maximum Gasteiger partial charge on any atom is 0.335 e. The number of carbonyl (C=O) groups excluding carboxylic acids is 1. The van der Waals surface area contributed by atoms with Gasteiger partial charge in [-0.05, 0) is 124 Å². The van der Waals surface area contributed by atoms with Crippen LogP contribution in [0.4, 0.5) is 4.39 Å². The summed E-state index contributed by atoms with van der Waals surface area (Å²) in [6.45, 7) is 4.14. The third-order valence-corrected chi connectivity index (χ3v) is 9.22. The molecule has 6 N–H and O–H groups in total. The second kappa shape index (κ2) is 17.5. The van der Waals surface area contributed by atoms with Crippen LogP contribution in [0.2, 0.25) is 10.0 Å². The number of carbonyl (C=O) groups is 2. The Bertz CT molecular complexity index is 1150. The highest BCUT2D eigenvalue weighted by Gasteiger charge is 2.58. The van der Waals surface area contributed by atoms with Crippen molar-refractivity contribution >= 4 is 47.5 Å². The van der Waals surface area contributed by atoms with Gasteiger partial charge in [-0.2, -0.15) is 0 Å². The summed E-state index contributed by atoms with van der Waals surface area (Å²) in [6.07, 6.45) is 3.69. The molecule has 4 saturated carbocycles. The fourth-order valence-electron chi connectivity index (χ4n) is 6.83. The van der Waals surface area contributed by atoms with E-state index in [-0.39, 0.29) is 49.6 Å². The molecule has 7 nitrogen and oxygen atoms in total. The summed E-state index contributed by atoms with van der Waals surface area (Å²) >= 11 is 11.3. The Hall–Kier alpha value is -1.94. The van der Waals surface area contributed by atoms with Gasteiger partial charge in [0, 0.05) is 27.7 Å². The van der Waals surface area contributed by atoms with Crippen molar-refractivity contribution in [2.24, 2.45) is 41.2 Å². The van der Waals surface area contributed by atoms with Crippen LogP contribution in [0, 0.1) is 35.5 Å². The number of aromatic carboxylic acids is 1. The Morgan fingerprint density at radius 3 is 1.56 bits per heavy atom. The van der Waals surface area contributed by atoms with E-state index in [2.05, 4.69) is 19.2 Å². The highest BCUT2D eigenvalue weighted by atomic mass is 35.5. The summed E-state index contributed by atoms with van der Waals surface area (Å²) in [5.41, 5.74) is 6.65. The van der Waals surface area contributed by atoms with Gasteiger partial charge in [-0.15, -0.1) is 12.4 Å². The Balaban J connectivity index is 0.000000331. The van der Waals surface area contributed by atoms with Gasteiger partial charge in [0.1, 0.15) is 0 Å². The lowest BCUT2D eigenvalue weighted by Gasteiger charge is -2.17. The molecule has 0 bridgehead atoms. The fraction of sp³-hybridized carbons (Fsp3) is 0.562. The first-order chi connectivity index (χ1) is 19.9. The average Bonchev–Trinajstić information content (AvgIpc) is 3.68.